The summed E-state index contributed by atoms with van der Waals surface area (Å²) in [6.07, 6.45) is 5.87. The van der Waals surface area contributed by atoms with Crippen LogP contribution in [0.4, 0.5) is 5.95 Å². The Hall–Kier alpha value is -2.93. The standard InChI is InChI=1S/C24H25N3O3S/c1-2-17-12-25-24(26-13-17)27-10-9-18(14-27)15-29-21-6-3-19(4-7-21)20-5-8-23-22(11-20)30-16-31(23)28/h3-8,11-13,18H,2,9-10,14-16H2,1H3/t18-,31-/m0/s1. The molecule has 3 heterocycles. The molecule has 3 aromatic rings. The normalized spacial score (nSPS) is 19.8. The van der Waals surface area contributed by atoms with Crippen molar-refractivity contribution < 1.29 is 13.7 Å². The first kappa shape index (κ1) is 20.0. The number of nitrogens with zero attached hydrogens (tertiary/aromatic N) is 3. The molecule has 160 valence electrons. The molecule has 1 fully saturated rings. The number of hydrogen-bond acceptors (Lipinski definition) is 6. The monoisotopic (exact) mass is 435 g/mol. The molecular weight excluding hydrogens is 410 g/mol. The van der Waals surface area contributed by atoms with Gasteiger partial charge in [0.25, 0.3) is 0 Å². The zero-order valence-corrected chi connectivity index (χ0v) is 18.3. The highest BCUT2D eigenvalue weighted by Crippen LogP contribution is 2.34. The molecule has 0 amide bonds. The quantitative estimate of drug-likeness (QED) is 0.582. The molecule has 0 radical (unpaired) electrons. The molecule has 0 bridgehead atoms. The summed E-state index contributed by atoms with van der Waals surface area (Å²) in [6.45, 7) is 4.67. The van der Waals surface area contributed by atoms with Crippen LogP contribution in [-0.2, 0) is 17.2 Å². The number of aromatic nitrogens is 2. The van der Waals surface area contributed by atoms with Crippen LogP contribution in [0, 0.1) is 5.92 Å². The summed E-state index contributed by atoms with van der Waals surface area (Å²) in [5.74, 6) is 3.11. The molecule has 5 rings (SSSR count). The summed E-state index contributed by atoms with van der Waals surface area (Å²) in [5.41, 5.74) is 3.29. The van der Waals surface area contributed by atoms with Gasteiger partial charge in [0.1, 0.15) is 11.5 Å². The topological polar surface area (TPSA) is 64.6 Å². The van der Waals surface area contributed by atoms with E-state index in [1.165, 1.54) is 0 Å². The van der Waals surface area contributed by atoms with Crippen molar-refractivity contribution in [2.75, 3.05) is 30.5 Å². The summed E-state index contributed by atoms with van der Waals surface area (Å²) >= 11 is 0. The lowest BCUT2D eigenvalue weighted by Gasteiger charge is -2.16. The lowest BCUT2D eigenvalue weighted by atomic mass is 10.1. The molecule has 0 N–H and O–H groups in total. The molecule has 7 heteroatoms. The molecule has 0 saturated carbocycles. The van der Waals surface area contributed by atoms with E-state index in [-0.39, 0.29) is 5.94 Å². The fraction of sp³-hybridized carbons (Fsp3) is 0.333. The molecule has 1 aromatic heterocycles. The fourth-order valence-electron chi connectivity index (χ4n) is 3.97. The first-order chi connectivity index (χ1) is 15.2. The Morgan fingerprint density at radius 2 is 1.90 bits per heavy atom. The van der Waals surface area contributed by atoms with E-state index < -0.39 is 10.8 Å². The van der Waals surface area contributed by atoms with Crippen molar-refractivity contribution in [2.24, 2.45) is 5.92 Å². The van der Waals surface area contributed by atoms with E-state index in [0.717, 1.165) is 65.0 Å². The van der Waals surface area contributed by atoms with Gasteiger partial charge >= 0.3 is 0 Å². The molecule has 6 nitrogen and oxygen atoms in total. The van der Waals surface area contributed by atoms with E-state index in [2.05, 4.69) is 21.8 Å². The average molecular weight is 436 g/mol. The minimum absolute atomic E-state index is 0.250. The van der Waals surface area contributed by atoms with Gasteiger partial charge in [0.15, 0.2) is 5.94 Å². The fourth-order valence-corrected chi connectivity index (χ4v) is 4.89. The number of rotatable bonds is 6. The van der Waals surface area contributed by atoms with Gasteiger partial charge in [0.2, 0.25) is 5.95 Å². The van der Waals surface area contributed by atoms with Crippen LogP contribution < -0.4 is 14.4 Å². The second-order valence-corrected chi connectivity index (χ2v) is 9.32. The number of benzene rings is 2. The van der Waals surface area contributed by atoms with Gasteiger partial charge in [-0.1, -0.05) is 25.1 Å². The Labute approximate surface area is 184 Å². The van der Waals surface area contributed by atoms with Crippen molar-refractivity contribution in [1.29, 1.82) is 0 Å². The maximum atomic E-state index is 11.8. The number of ether oxygens (including phenoxy) is 2. The molecule has 2 aromatic carbocycles. The van der Waals surface area contributed by atoms with Gasteiger partial charge in [-0.2, -0.15) is 0 Å². The lowest BCUT2D eigenvalue weighted by Crippen LogP contribution is -2.23. The van der Waals surface area contributed by atoms with Crippen molar-refractivity contribution in [3.8, 4) is 22.6 Å². The Bertz CT molecular complexity index is 1090. The number of anilines is 1. The van der Waals surface area contributed by atoms with Gasteiger partial charge in [0, 0.05) is 31.4 Å². The molecule has 2 aliphatic rings. The van der Waals surface area contributed by atoms with E-state index in [1.807, 2.05) is 54.9 Å². The Morgan fingerprint density at radius 3 is 2.68 bits per heavy atom. The maximum Gasteiger partial charge on any atom is 0.225 e. The van der Waals surface area contributed by atoms with Gasteiger partial charge in [-0.3, -0.25) is 4.21 Å². The van der Waals surface area contributed by atoms with Crippen molar-refractivity contribution in [1.82, 2.24) is 9.97 Å². The number of aryl methyl sites for hydroxylation is 1. The van der Waals surface area contributed by atoms with Crippen LogP contribution >= 0.6 is 0 Å². The van der Waals surface area contributed by atoms with Crippen molar-refractivity contribution in [3.05, 3.63) is 60.4 Å². The number of hydrogen-bond donors (Lipinski definition) is 0. The van der Waals surface area contributed by atoms with Crippen molar-refractivity contribution in [2.45, 2.75) is 24.7 Å². The Kier molecular flexibility index (Phi) is 5.59. The summed E-state index contributed by atoms with van der Waals surface area (Å²) in [6, 6.07) is 13.9. The van der Waals surface area contributed by atoms with Crippen LogP contribution in [0.2, 0.25) is 0 Å². The van der Waals surface area contributed by atoms with Crippen LogP contribution in [0.1, 0.15) is 18.9 Å². The highest BCUT2D eigenvalue weighted by molar-refractivity contribution is 7.85. The number of fused-ring (bicyclic) bond motifs is 1. The second-order valence-electron chi connectivity index (χ2n) is 7.95. The Balaban J connectivity index is 1.17. The van der Waals surface area contributed by atoms with Crippen molar-refractivity contribution in [3.63, 3.8) is 0 Å². The zero-order valence-electron chi connectivity index (χ0n) is 17.5. The third-order valence-electron chi connectivity index (χ3n) is 5.85. The lowest BCUT2D eigenvalue weighted by molar-refractivity contribution is 0.261. The summed E-state index contributed by atoms with van der Waals surface area (Å²) < 4.78 is 23.4. The maximum absolute atomic E-state index is 11.8. The molecular formula is C24H25N3O3S. The highest BCUT2D eigenvalue weighted by atomic mass is 32.2. The minimum Gasteiger partial charge on any atom is -0.493 e. The predicted octanol–water partition coefficient (Wildman–Crippen LogP) is 4.07. The summed E-state index contributed by atoms with van der Waals surface area (Å²) in [5, 5.41) is 0. The zero-order chi connectivity index (χ0) is 21.2. The van der Waals surface area contributed by atoms with Crippen LogP contribution in [0.15, 0.2) is 59.8 Å². The summed E-state index contributed by atoms with van der Waals surface area (Å²) in [4.78, 5) is 12.0. The SMILES string of the molecule is CCc1cnc(N2CC[C@H](COc3ccc(-c4ccc5c(c4)OC[S@@]5=O)cc3)C2)nc1. The largest absolute Gasteiger partial charge is 0.493 e. The highest BCUT2D eigenvalue weighted by Gasteiger charge is 2.25. The van der Waals surface area contributed by atoms with E-state index in [1.54, 1.807) is 0 Å². The van der Waals surface area contributed by atoms with E-state index in [4.69, 9.17) is 9.47 Å². The average Bonchev–Trinajstić information content (AvgIpc) is 3.45. The molecule has 0 spiro atoms. The molecule has 1 saturated heterocycles. The van der Waals surface area contributed by atoms with Gasteiger partial charge in [-0.15, -0.1) is 0 Å². The minimum atomic E-state index is -1.04. The van der Waals surface area contributed by atoms with Gasteiger partial charge in [-0.25, -0.2) is 9.97 Å². The third kappa shape index (κ3) is 4.28. The van der Waals surface area contributed by atoms with E-state index in [9.17, 15) is 4.21 Å². The molecule has 2 aliphatic heterocycles. The first-order valence-corrected chi connectivity index (χ1v) is 12.0. The second kappa shape index (κ2) is 8.67. The van der Waals surface area contributed by atoms with Gasteiger partial charge < -0.3 is 14.4 Å². The molecule has 2 atom stereocenters. The van der Waals surface area contributed by atoms with Crippen LogP contribution in [0.5, 0.6) is 11.5 Å². The van der Waals surface area contributed by atoms with Crippen LogP contribution in [0.3, 0.4) is 0 Å². The predicted molar refractivity (Wildman–Crippen MR) is 121 cm³/mol. The summed E-state index contributed by atoms with van der Waals surface area (Å²) in [7, 11) is -1.04. The molecule has 0 unspecified atom stereocenters. The first-order valence-electron chi connectivity index (χ1n) is 10.6. The third-order valence-corrected chi connectivity index (χ3v) is 7.01. The smallest absolute Gasteiger partial charge is 0.225 e. The van der Waals surface area contributed by atoms with Gasteiger partial charge in [0.05, 0.1) is 22.3 Å². The molecule has 0 aliphatic carbocycles. The van der Waals surface area contributed by atoms with E-state index in [0.29, 0.717) is 12.5 Å². The Morgan fingerprint density at radius 1 is 1.13 bits per heavy atom. The van der Waals surface area contributed by atoms with Crippen LogP contribution in [0.25, 0.3) is 11.1 Å². The van der Waals surface area contributed by atoms with Gasteiger partial charge in [-0.05, 0) is 53.8 Å². The van der Waals surface area contributed by atoms with E-state index >= 15 is 0 Å². The van der Waals surface area contributed by atoms with Crippen molar-refractivity contribution >= 4 is 16.7 Å². The molecule has 31 heavy (non-hydrogen) atoms. The van der Waals surface area contributed by atoms with Crippen LogP contribution in [-0.4, -0.2) is 39.8 Å².